The number of amides is 3. The third-order valence-corrected chi connectivity index (χ3v) is 4.02. The molecule has 1 aromatic heterocycles. The lowest BCUT2D eigenvalue weighted by atomic mass is 10.1. The number of fused-ring (bicyclic) bond motifs is 1. The van der Waals surface area contributed by atoms with Gasteiger partial charge in [0.25, 0.3) is 5.91 Å². The summed E-state index contributed by atoms with van der Waals surface area (Å²) >= 11 is 0. The van der Waals surface area contributed by atoms with E-state index < -0.39 is 36.3 Å². The van der Waals surface area contributed by atoms with Crippen LogP contribution in [0, 0.1) is 0 Å². The lowest BCUT2D eigenvalue weighted by Gasteiger charge is -2.17. The van der Waals surface area contributed by atoms with Crippen LogP contribution in [0.4, 0.5) is 4.79 Å². The summed E-state index contributed by atoms with van der Waals surface area (Å²) in [6.07, 6.45) is -1.36. The molecule has 0 aliphatic heterocycles. The number of imide groups is 1. The van der Waals surface area contributed by atoms with Crippen LogP contribution in [0.15, 0.2) is 63.8 Å². The van der Waals surface area contributed by atoms with Crippen molar-refractivity contribution < 1.29 is 23.5 Å². The van der Waals surface area contributed by atoms with Crippen LogP contribution in [-0.4, -0.2) is 29.0 Å². The Morgan fingerprint density at radius 3 is 2.48 bits per heavy atom. The van der Waals surface area contributed by atoms with Crippen molar-refractivity contribution in [2.75, 3.05) is 6.54 Å². The molecule has 1 heterocycles. The maximum atomic E-state index is 12.5. The average molecular weight is 397 g/mol. The van der Waals surface area contributed by atoms with Crippen molar-refractivity contribution in [2.45, 2.75) is 19.6 Å². The average Bonchev–Trinajstić information content (AvgIpc) is 3.02. The van der Waals surface area contributed by atoms with Gasteiger partial charge < -0.3 is 14.5 Å². The predicted molar refractivity (Wildman–Crippen MR) is 103 cm³/mol. The molecule has 1 atom stereocenters. The number of esters is 1. The summed E-state index contributed by atoms with van der Waals surface area (Å²) in [6, 6.07) is 14.2. The molecule has 3 aromatic rings. The van der Waals surface area contributed by atoms with Crippen molar-refractivity contribution in [3.05, 3.63) is 70.7 Å². The van der Waals surface area contributed by atoms with Crippen molar-refractivity contribution in [2.24, 2.45) is 0 Å². The van der Waals surface area contributed by atoms with Gasteiger partial charge in [-0.05, 0) is 19.1 Å². The highest BCUT2D eigenvalue weighted by Crippen LogP contribution is 2.19. The molecular weight excluding hydrogens is 378 g/mol. The van der Waals surface area contributed by atoms with Gasteiger partial charge in [-0.15, -0.1) is 0 Å². The van der Waals surface area contributed by atoms with Gasteiger partial charge in [-0.1, -0.05) is 42.5 Å². The van der Waals surface area contributed by atoms with Crippen LogP contribution in [0.1, 0.15) is 18.6 Å². The number of hydrogen-bond acceptors (Lipinski definition) is 6. The molecule has 2 aromatic carbocycles. The summed E-state index contributed by atoms with van der Waals surface area (Å²) in [5.74, 6) is -2.36. The number of para-hydroxylation sites is 2. The number of nitrogens with one attached hydrogen (secondary N) is 2. The number of rotatable bonds is 6. The molecule has 0 saturated carbocycles. The van der Waals surface area contributed by atoms with E-state index in [0.29, 0.717) is 23.2 Å². The molecule has 2 N–H and O–H groups in total. The van der Waals surface area contributed by atoms with Gasteiger partial charge in [0, 0.05) is 12.1 Å². The molecule has 3 rings (SSSR count). The maximum absolute atomic E-state index is 12.5. The Morgan fingerprint density at radius 1 is 1.07 bits per heavy atom. The van der Waals surface area contributed by atoms with Crippen LogP contribution >= 0.6 is 0 Å². The van der Waals surface area contributed by atoms with E-state index in [2.05, 4.69) is 10.6 Å². The molecule has 0 aliphatic carbocycles. The largest absolute Gasteiger partial charge is 0.446 e. The van der Waals surface area contributed by atoms with Crippen LogP contribution in [0.25, 0.3) is 11.1 Å². The van der Waals surface area contributed by atoms with Crippen LogP contribution in [0.3, 0.4) is 0 Å². The molecule has 0 spiro atoms. The highest BCUT2D eigenvalue weighted by molar-refractivity contribution is 5.97. The van der Waals surface area contributed by atoms with E-state index in [4.69, 9.17) is 9.15 Å². The van der Waals surface area contributed by atoms with Crippen molar-refractivity contribution in [3.8, 4) is 0 Å². The number of aromatic nitrogens is 1. The highest BCUT2D eigenvalue weighted by Gasteiger charge is 2.27. The molecule has 0 radical (unpaired) electrons. The maximum Gasteiger partial charge on any atom is 0.420 e. The summed E-state index contributed by atoms with van der Waals surface area (Å²) in [5, 5.41) is 4.56. The zero-order valence-electron chi connectivity index (χ0n) is 15.6. The molecule has 0 aliphatic rings. The molecule has 0 bridgehead atoms. The zero-order valence-corrected chi connectivity index (χ0v) is 15.6. The molecule has 29 heavy (non-hydrogen) atoms. The van der Waals surface area contributed by atoms with Gasteiger partial charge >= 0.3 is 17.8 Å². The van der Waals surface area contributed by atoms with Gasteiger partial charge in [0.05, 0.1) is 5.52 Å². The Morgan fingerprint density at radius 2 is 1.76 bits per heavy atom. The van der Waals surface area contributed by atoms with E-state index in [0.717, 1.165) is 4.57 Å². The zero-order chi connectivity index (χ0) is 20.8. The van der Waals surface area contributed by atoms with Gasteiger partial charge in [-0.25, -0.2) is 9.59 Å². The van der Waals surface area contributed by atoms with E-state index >= 15 is 0 Å². The molecule has 9 nitrogen and oxygen atoms in total. The second-order valence-electron chi connectivity index (χ2n) is 6.05. The third-order valence-electron chi connectivity index (χ3n) is 4.02. The van der Waals surface area contributed by atoms with Crippen LogP contribution in [-0.2, 0) is 20.9 Å². The van der Waals surface area contributed by atoms with Crippen LogP contribution in [0.5, 0.6) is 0 Å². The smallest absolute Gasteiger partial charge is 0.420 e. The first-order valence-corrected chi connectivity index (χ1v) is 8.91. The summed E-state index contributed by atoms with van der Waals surface area (Å²) in [7, 11) is 0. The van der Waals surface area contributed by atoms with Crippen molar-refractivity contribution in [3.63, 3.8) is 0 Å². The Hall–Kier alpha value is -3.88. The standard InChI is InChI=1S/C20H19N3O6/c1-2-21-19(26)22-18(25)17(13-8-4-3-5-9-13)29-16(24)12-23-14-10-6-7-11-15(14)28-20(23)27/h3-11,17H,2,12H2,1H3,(H2,21,22,25,26)/t17-/m1/s1. The lowest BCUT2D eigenvalue weighted by molar-refractivity contribution is -0.156. The summed E-state index contributed by atoms with van der Waals surface area (Å²) in [6.45, 7) is 1.57. The van der Waals surface area contributed by atoms with E-state index in [-0.39, 0.29) is 0 Å². The van der Waals surface area contributed by atoms with Gasteiger partial charge in [0.1, 0.15) is 6.54 Å². The molecular formula is C20H19N3O6. The molecule has 0 saturated heterocycles. The van der Waals surface area contributed by atoms with Crippen LogP contribution in [0.2, 0.25) is 0 Å². The summed E-state index contributed by atoms with van der Waals surface area (Å²) < 4.78 is 11.5. The number of carbonyl (C=O) groups excluding carboxylic acids is 3. The van der Waals surface area contributed by atoms with Crippen LogP contribution < -0.4 is 16.4 Å². The van der Waals surface area contributed by atoms with E-state index in [1.54, 1.807) is 61.5 Å². The summed E-state index contributed by atoms with van der Waals surface area (Å²) in [5.41, 5.74) is 1.14. The SMILES string of the molecule is CCNC(=O)NC(=O)[C@H](OC(=O)Cn1c(=O)oc2ccccc21)c1ccccc1. The number of oxazole rings is 1. The van der Waals surface area contributed by atoms with Crippen molar-refractivity contribution in [1.82, 2.24) is 15.2 Å². The minimum absolute atomic E-state index is 0.325. The minimum atomic E-state index is -1.36. The fraction of sp³-hybridized carbons (Fsp3) is 0.200. The Labute approximate surface area is 165 Å². The first kappa shape index (κ1) is 19.9. The molecule has 0 unspecified atom stereocenters. The fourth-order valence-corrected chi connectivity index (χ4v) is 2.74. The predicted octanol–water partition coefficient (Wildman–Crippen LogP) is 1.72. The first-order chi connectivity index (χ1) is 14.0. The fourth-order valence-electron chi connectivity index (χ4n) is 2.74. The quantitative estimate of drug-likeness (QED) is 0.611. The number of urea groups is 1. The first-order valence-electron chi connectivity index (χ1n) is 8.91. The number of benzene rings is 2. The van der Waals surface area contributed by atoms with Gasteiger partial charge in [0.15, 0.2) is 5.58 Å². The number of nitrogens with zero attached hydrogens (tertiary/aromatic N) is 1. The van der Waals surface area contributed by atoms with E-state index in [1.165, 1.54) is 0 Å². The monoisotopic (exact) mass is 397 g/mol. The topological polar surface area (TPSA) is 120 Å². The Balaban J connectivity index is 1.80. The van der Waals surface area contributed by atoms with Gasteiger partial charge in [-0.2, -0.15) is 0 Å². The van der Waals surface area contributed by atoms with E-state index in [1.807, 2.05) is 0 Å². The molecule has 150 valence electrons. The van der Waals surface area contributed by atoms with Gasteiger partial charge in [0.2, 0.25) is 6.10 Å². The normalized spacial score (nSPS) is 11.6. The molecule has 9 heteroatoms. The second-order valence-corrected chi connectivity index (χ2v) is 6.05. The number of hydrogen-bond donors (Lipinski definition) is 2. The second kappa shape index (κ2) is 8.87. The van der Waals surface area contributed by atoms with Gasteiger partial charge in [-0.3, -0.25) is 19.5 Å². The summed E-state index contributed by atoms with van der Waals surface area (Å²) in [4.78, 5) is 48.7. The van der Waals surface area contributed by atoms with Crippen molar-refractivity contribution in [1.29, 1.82) is 0 Å². The van der Waals surface area contributed by atoms with Crippen molar-refractivity contribution >= 4 is 29.0 Å². The Kier molecular flexibility index (Phi) is 6.08. The Bertz CT molecular complexity index is 1090. The lowest BCUT2D eigenvalue weighted by Crippen LogP contribution is -2.42. The minimum Gasteiger partial charge on any atom is -0.446 e. The van der Waals surface area contributed by atoms with E-state index in [9.17, 15) is 19.2 Å². The number of carbonyl (C=O) groups is 3. The number of ether oxygens (including phenoxy) is 1. The highest BCUT2D eigenvalue weighted by atomic mass is 16.5. The molecule has 0 fully saturated rings. The molecule has 3 amide bonds. The third kappa shape index (κ3) is 4.70.